The average Bonchev–Trinajstić information content (AvgIpc) is 2.40. The van der Waals surface area contributed by atoms with Crippen molar-refractivity contribution in [1.82, 2.24) is 0 Å². The van der Waals surface area contributed by atoms with Gasteiger partial charge >= 0.3 is 0 Å². The molecule has 1 aliphatic rings. The Kier molecular flexibility index (Phi) is 3.15. The van der Waals surface area contributed by atoms with Crippen LogP contribution in [0.25, 0.3) is 0 Å². The molecule has 0 radical (unpaired) electrons. The van der Waals surface area contributed by atoms with Crippen LogP contribution in [0, 0.1) is 5.41 Å². The number of halogens is 1. The van der Waals surface area contributed by atoms with Gasteiger partial charge in [0.05, 0.1) is 5.60 Å². The van der Waals surface area contributed by atoms with Gasteiger partial charge in [-0.2, -0.15) is 0 Å². The minimum atomic E-state index is -0.496. The number of benzene rings is 1. The van der Waals surface area contributed by atoms with E-state index in [2.05, 4.69) is 41.9 Å². The van der Waals surface area contributed by atoms with Crippen molar-refractivity contribution in [1.29, 1.82) is 0 Å². The zero-order valence-corrected chi connectivity index (χ0v) is 11.5. The molecular formula is C14H19BrO. The van der Waals surface area contributed by atoms with Crippen molar-refractivity contribution >= 4 is 15.9 Å². The molecule has 1 aromatic rings. The van der Waals surface area contributed by atoms with Crippen LogP contribution in [0.2, 0.25) is 0 Å². The Hall–Kier alpha value is -0.340. The highest BCUT2D eigenvalue weighted by atomic mass is 79.9. The summed E-state index contributed by atoms with van der Waals surface area (Å²) in [5, 5.41) is 10.6. The molecule has 0 heterocycles. The highest BCUT2D eigenvalue weighted by molar-refractivity contribution is 9.10. The zero-order valence-electron chi connectivity index (χ0n) is 9.96. The van der Waals surface area contributed by atoms with Gasteiger partial charge < -0.3 is 5.11 Å². The number of rotatable bonds is 2. The van der Waals surface area contributed by atoms with Gasteiger partial charge in [-0.15, -0.1) is 0 Å². The third-order valence-electron chi connectivity index (χ3n) is 3.50. The maximum atomic E-state index is 10.6. The number of hydrogen-bond acceptors (Lipinski definition) is 1. The van der Waals surface area contributed by atoms with E-state index in [0.29, 0.717) is 5.41 Å². The summed E-state index contributed by atoms with van der Waals surface area (Å²) >= 11 is 3.47. The van der Waals surface area contributed by atoms with E-state index in [4.69, 9.17) is 0 Å². The van der Waals surface area contributed by atoms with E-state index in [0.717, 1.165) is 30.2 Å². The van der Waals surface area contributed by atoms with Gasteiger partial charge in [-0.25, -0.2) is 0 Å². The average molecular weight is 283 g/mol. The molecule has 2 rings (SSSR count). The van der Waals surface area contributed by atoms with Crippen LogP contribution in [0.15, 0.2) is 28.7 Å². The summed E-state index contributed by atoms with van der Waals surface area (Å²) in [5.41, 5.74) is 1.01. The topological polar surface area (TPSA) is 20.2 Å². The van der Waals surface area contributed by atoms with Crippen molar-refractivity contribution < 1.29 is 5.11 Å². The van der Waals surface area contributed by atoms with Gasteiger partial charge in [0.1, 0.15) is 0 Å². The second kappa shape index (κ2) is 4.15. The Morgan fingerprint density at radius 1 is 1.31 bits per heavy atom. The SMILES string of the molecule is CC1(C)CCC(O)(Cc2cccc(Br)c2)C1. The number of aliphatic hydroxyl groups is 1. The van der Waals surface area contributed by atoms with E-state index in [-0.39, 0.29) is 0 Å². The van der Waals surface area contributed by atoms with Gasteiger partial charge in [-0.05, 0) is 42.4 Å². The fourth-order valence-corrected chi connectivity index (χ4v) is 3.26. The largest absolute Gasteiger partial charge is 0.390 e. The van der Waals surface area contributed by atoms with Crippen molar-refractivity contribution in [2.45, 2.75) is 45.1 Å². The van der Waals surface area contributed by atoms with Gasteiger partial charge in [-0.1, -0.05) is 41.9 Å². The molecule has 0 saturated heterocycles. The van der Waals surface area contributed by atoms with Crippen LogP contribution >= 0.6 is 15.9 Å². The zero-order chi connectivity index (χ0) is 11.8. The lowest BCUT2D eigenvalue weighted by Crippen LogP contribution is -2.29. The van der Waals surface area contributed by atoms with Gasteiger partial charge in [0.2, 0.25) is 0 Å². The highest BCUT2D eigenvalue weighted by Gasteiger charge is 2.41. The maximum Gasteiger partial charge on any atom is 0.0693 e. The molecule has 0 spiro atoms. The van der Waals surface area contributed by atoms with E-state index in [1.165, 1.54) is 5.56 Å². The lowest BCUT2D eigenvalue weighted by molar-refractivity contribution is 0.0379. The molecule has 1 unspecified atom stereocenters. The molecule has 0 bridgehead atoms. The molecular weight excluding hydrogens is 264 g/mol. The van der Waals surface area contributed by atoms with E-state index in [1.807, 2.05) is 12.1 Å². The Morgan fingerprint density at radius 2 is 2.06 bits per heavy atom. The molecule has 1 N–H and O–H groups in total. The second-order valence-corrected chi connectivity index (χ2v) is 6.79. The summed E-state index contributed by atoms with van der Waals surface area (Å²) in [4.78, 5) is 0. The normalized spacial score (nSPS) is 28.2. The van der Waals surface area contributed by atoms with Crippen LogP contribution in [0.5, 0.6) is 0 Å². The van der Waals surface area contributed by atoms with Crippen molar-refractivity contribution in [3.05, 3.63) is 34.3 Å². The first-order valence-corrected chi connectivity index (χ1v) is 6.65. The van der Waals surface area contributed by atoms with Crippen LogP contribution in [-0.2, 0) is 6.42 Å². The predicted molar refractivity (Wildman–Crippen MR) is 70.4 cm³/mol. The van der Waals surface area contributed by atoms with Crippen molar-refractivity contribution in [2.24, 2.45) is 5.41 Å². The van der Waals surface area contributed by atoms with Crippen LogP contribution < -0.4 is 0 Å². The highest BCUT2D eigenvalue weighted by Crippen LogP contribution is 2.45. The fourth-order valence-electron chi connectivity index (χ4n) is 2.82. The Bertz CT molecular complexity index is 386. The molecule has 1 saturated carbocycles. The second-order valence-electron chi connectivity index (χ2n) is 5.87. The third kappa shape index (κ3) is 2.86. The Balaban J connectivity index is 2.10. The minimum Gasteiger partial charge on any atom is -0.390 e. The summed E-state index contributed by atoms with van der Waals surface area (Å²) in [5.74, 6) is 0. The quantitative estimate of drug-likeness (QED) is 0.871. The molecule has 2 heteroatoms. The molecule has 88 valence electrons. The first kappa shape index (κ1) is 12.1. The van der Waals surface area contributed by atoms with Crippen LogP contribution in [0.3, 0.4) is 0 Å². The monoisotopic (exact) mass is 282 g/mol. The Labute approximate surface area is 106 Å². The lowest BCUT2D eigenvalue weighted by atomic mass is 9.86. The third-order valence-corrected chi connectivity index (χ3v) is 3.99. The van der Waals surface area contributed by atoms with E-state index in [9.17, 15) is 5.11 Å². The first-order chi connectivity index (χ1) is 7.39. The van der Waals surface area contributed by atoms with Gasteiger partial charge in [0, 0.05) is 10.9 Å². The van der Waals surface area contributed by atoms with Crippen LogP contribution in [0.1, 0.15) is 38.7 Å². The molecule has 1 fully saturated rings. The van der Waals surface area contributed by atoms with Gasteiger partial charge in [-0.3, -0.25) is 0 Å². The molecule has 1 aromatic carbocycles. The number of hydrogen-bond donors (Lipinski definition) is 1. The van der Waals surface area contributed by atoms with Crippen molar-refractivity contribution in [3.63, 3.8) is 0 Å². The van der Waals surface area contributed by atoms with Crippen molar-refractivity contribution in [2.75, 3.05) is 0 Å². The van der Waals surface area contributed by atoms with Gasteiger partial charge in [0.25, 0.3) is 0 Å². The predicted octanol–water partition coefficient (Wildman–Crippen LogP) is 3.93. The standard InChI is InChI=1S/C14H19BrO/c1-13(2)6-7-14(16,10-13)9-11-4-3-5-12(15)8-11/h3-5,8,16H,6-7,9-10H2,1-2H3. The molecule has 1 aliphatic carbocycles. The van der Waals surface area contributed by atoms with E-state index >= 15 is 0 Å². The molecule has 1 nitrogen and oxygen atoms in total. The maximum absolute atomic E-state index is 10.6. The first-order valence-electron chi connectivity index (χ1n) is 5.86. The minimum absolute atomic E-state index is 0.292. The van der Waals surface area contributed by atoms with Crippen molar-refractivity contribution in [3.8, 4) is 0 Å². The Morgan fingerprint density at radius 3 is 2.62 bits per heavy atom. The summed E-state index contributed by atoms with van der Waals surface area (Å²) in [6.45, 7) is 4.48. The smallest absolute Gasteiger partial charge is 0.0693 e. The summed E-state index contributed by atoms with van der Waals surface area (Å²) < 4.78 is 1.09. The molecule has 0 aliphatic heterocycles. The molecule has 1 atom stereocenters. The van der Waals surface area contributed by atoms with Gasteiger partial charge in [0.15, 0.2) is 0 Å². The van der Waals surface area contributed by atoms with Crippen LogP contribution in [0.4, 0.5) is 0 Å². The van der Waals surface area contributed by atoms with Crippen LogP contribution in [-0.4, -0.2) is 10.7 Å². The molecule has 0 aromatic heterocycles. The lowest BCUT2D eigenvalue weighted by Gasteiger charge is -2.25. The molecule has 16 heavy (non-hydrogen) atoms. The van der Waals surface area contributed by atoms with E-state index < -0.39 is 5.60 Å². The molecule has 0 amide bonds. The fraction of sp³-hybridized carbons (Fsp3) is 0.571. The summed E-state index contributed by atoms with van der Waals surface area (Å²) in [7, 11) is 0. The van der Waals surface area contributed by atoms with E-state index in [1.54, 1.807) is 0 Å². The summed E-state index contributed by atoms with van der Waals surface area (Å²) in [6.07, 6.45) is 3.73. The summed E-state index contributed by atoms with van der Waals surface area (Å²) in [6, 6.07) is 8.24.